The van der Waals surface area contributed by atoms with Crippen molar-refractivity contribution in [2.45, 2.75) is 59.3 Å². The Morgan fingerprint density at radius 1 is 1.23 bits per heavy atom. The minimum absolute atomic E-state index is 0.211. The van der Waals surface area contributed by atoms with Crippen LogP contribution >= 0.6 is 0 Å². The lowest BCUT2D eigenvalue weighted by atomic mass is 9.49. The Balaban J connectivity index is 0.000000254. The van der Waals surface area contributed by atoms with Crippen LogP contribution in [0, 0.1) is 17.3 Å². The van der Waals surface area contributed by atoms with Crippen LogP contribution in [0.3, 0.4) is 0 Å². The zero-order chi connectivity index (χ0) is 16.0. The average Bonchev–Trinajstić information content (AvgIpc) is 2.48. The van der Waals surface area contributed by atoms with Crippen LogP contribution < -0.4 is 0 Å². The average molecular weight is 302 g/mol. The van der Waals surface area contributed by atoms with Gasteiger partial charge in [-0.05, 0) is 49.0 Å². The fraction of sp³-hybridized carbons (Fsp3) is 0.650. The number of hydrogen-bond acceptors (Lipinski definition) is 2. The largest absolute Gasteiger partial charge is 0.466 e. The van der Waals surface area contributed by atoms with Gasteiger partial charge in [0.05, 0.1) is 6.61 Å². The van der Waals surface area contributed by atoms with Crippen LogP contribution in [0.5, 0.6) is 0 Å². The third-order valence-corrected chi connectivity index (χ3v) is 5.33. The Morgan fingerprint density at radius 3 is 2.45 bits per heavy atom. The van der Waals surface area contributed by atoms with Gasteiger partial charge in [-0.15, -0.1) is 0 Å². The summed E-state index contributed by atoms with van der Waals surface area (Å²) in [6.07, 6.45) is 8.75. The molecule has 2 aliphatic carbocycles. The Kier molecular flexibility index (Phi) is 6.05. The van der Waals surface area contributed by atoms with E-state index in [0.717, 1.165) is 11.8 Å². The van der Waals surface area contributed by atoms with E-state index in [-0.39, 0.29) is 5.97 Å². The summed E-state index contributed by atoms with van der Waals surface area (Å²) in [5.74, 6) is 1.89. The van der Waals surface area contributed by atoms with Crippen LogP contribution in [0.15, 0.2) is 30.3 Å². The molecule has 122 valence electrons. The minimum atomic E-state index is -0.211. The fourth-order valence-electron chi connectivity index (χ4n) is 4.43. The van der Waals surface area contributed by atoms with Crippen molar-refractivity contribution >= 4 is 5.97 Å². The highest BCUT2D eigenvalue weighted by Crippen LogP contribution is 2.58. The number of esters is 1. The number of hydrogen-bond donors (Lipinski definition) is 0. The SMILES string of the molecule is CCOC(C)=O.C[C@]1(Cc2ccccc2)C[C@@H]2CCCC[C@@H]21. The van der Waals surface area contributed by atoms with E-state index in [9.17, 15) is 4.79 Å². The summed E-state index contributed by atoms with van der Waals surface area (Å²) in [6.45, 7) is 6.17. The molecule has 1 aromatic rings. The van der Waals surface area contributed by atoms with Crippen molar-refractivity contribution in [1.29, 1.82) is 0 Å². The second kappa shape index (κ2) is 7.80. The standard InChI is InChI=1S/C16H22.C4H8O2/c1-16(11-13-7-3-2-4-8-13)12-14-9-5-6-10-15(14)16;1-3-6-4(2)5/h2-4,7-8,14-15H,5-6,9-12H2,1H3;3H2,1-2H3/t14-,15-,16-;/m0./s1. The molecule has 0 aliphatic heterocycles. The topological polar surface area (TPSA) is 26.3 Å². The smallest absolute Gasteiger partial charge is 0.302 e. The number of rotatable bonds is 3. The lowest BCUT2D eigenvalue weighted by Crippen LogP contribution is -2.48. The number of ether oxygens (including phenoxy) is 1. The van der Waals surface area contributed by atoms with E-state index >= 15 is 0 Å². The predicted octanol–water partition coefficient (Wildman–Crippen LogP) is 5.01. The summed E-state index contributed by atoms with van der Waals surface area (Å²) < 4.78 is 4.40. The maximum Gasteiger partial charge on any atom is 0.302 e. The third kappa shape index (κ3) is 4.34. The zero-order valence-electron chi connectivity index (χ0n) is 14.3. The van der Waals surface area contributed by atoms with Crippen molar-refractivity contribution < 1.29 is 9.53 Å². The molecule has 3 rings (SSSR count). The summed E-state index contributed by atoms with van der Waals surface area (Å²) in [7, 11) is 0. The normalized spacial score (nSPS) is 29.4. The molecule has 0 aromatic heterocycles. The Hall–Kier alpha value is -1.31. The lowest BCUT2D eigenvalue weighted by molar-refractivity contribution is -0.140. The Labute approximate surface area is 135 Å². The third-order valence-electron chi connectivity index (χ3n) is 5.33. The number of benzene rings is 1. The van der Waals surface area contributed by atoms with Gasteiger partial charge in [0, 0.05) is 6.92 Å². The molecule has 0 N–H and O–H groups in total. The van der Waals surface area contributed by atoms with E-state index in [4.69, 9.17) is 0 Å². The molecule has 3 atom stereocenters. The van der Waals surface area contributed by atoms with E-state index in [2.05, 4.69) is 42.0 Å². The first-order chi connectivity index (χ1) is 10.5. The van der Waals surface area contributed by atoms with Gasteiger partial charge >= 0.3 is 5.97 Å². The molecule has 0 heterocycles. The summed E-state index contributed by atoms with van der Waals surface area (Å²) in [5.41, 5.74) is 2.15. The molecule has 2 nitrogen and oxygen atoms in total. The molecule has 0 bridgehead atoms. The van der Waals surface area contributed by atoms with E-state index in [1.54, 1.807) is 6.92 Å². The van der Waals surface area contributed by atoms with Crippen molar-refractivity contribution in [3.05, 3.63) is 35.9 Å². The lowest BCUT2D eigenvalue weighted by Gasteiger charge is -2.56. The maximum absolute atomic E-state index is 9.82. The van der Waals surface area contributed by atoms with Gasteiger partial charge in [0.1, 0.15) is 0 Å². The van der Waals surface area contributed by atoms with Crippen molar-refractivity contribution in [3.8, 4) is 0 Å². The number of fused-ring (bicyclic) bond motifs is 1. The van der Waals surface area contributed by atoms with Crippen LogP contribution in [0.2, 0.25) is 0 Å². The highest BCUT2D eigenvalue weighted by Gasteiger charge is 2.50. The molecule has 2 saturated carbocycles. The minimum Gasteiger partial charge on any atom is -0.466 e. The van der Waals surface area contributed by atoms with E-state index in [1.165, 1.54) is 51.0 Å². The van der Waals surface area contributed by atoms with Crippen LogP contribution in [-0.4, -0.2) is 12.6 Å². The summed E-state index contributed by atoms with van der Waals surface area (Å²) in [5, 5.41) is 0. The van der Waals surface area contributed by atoms with Crippen LogP contribution in [0.25, 0.3) is 0 Å². The summed E-state index contributed by atoms with van der Waals surface area (Å²) >= 11 is 0. The van der Waals surface area contributed by atoms with Crippen LogP contribution in [0.1, 0.15) is 58.4 Å². The highest BCUT2D eigenvalue weighted by molar-refractivity contribution is 5.65. The van der Waals surface area contributed by atoms with Gasteiger partial charge in [-0.1, -0.05) is 56.5 Å². The molecule has 0 unspecified atom stereocenters. The van der Waals surface area contributed by atoms with Gasteiger partial charge in [-0.25, -0.2) is 0 Å². The molecular formula is C20H30O2. The molecule has 2 heteroatoms. The van der Waals surface area contributed by atoms with Gasteiger partial charge in [0.15, 0.2) is 0 Å². The van der Waals surface area contributed by atoms with Crippen LogP contribution in [0.4, 0.5) is 0 Å². The van der Waals surface area contributed by atoms with Crippen LogP contribution in [-0.2, 0) is 16.0 Å². The van der Waals surface area contributed by atoms with Crippen molar-refractivity contribution in [2.75, 3.05) is 6.61 Å². The highest BCUT2D eigenvalue weighted by atomic mass is 16.5. The van der Waals surface area contributed by atoms with Gasteiger partial charge in [-0.3, -0.25) is 4.79 Å². The number of carbonyl (C=O) groups excluding carboxylic acids is 1. The van der Waals surface area contributed by atoms with E-state index in [0.29, 0.717) is 12.0 Å². The van der Waals surface area contributed by atoms with Gasteiger partial charge in [0.25, 0.3) is 0 Å². The molecule has 2 aliphatic rings. The molecule has 22 heavy (non-hydrogen) atoms. The van der Waals surface area contributed by atoms with Gasteiger partial charge in [0.2, 0.25) is 0 Å². The maximum atomic E-state index is 9.82. The Bertz CT molecular complexity index is 468. The predicted molar refractivity (Wildman–Crippen MR) is 90.6 cm³/mol. The molecule has 0 radical (unpaired) electrons. The van der Waals surface area contributed by atoms with Crippen molar-refractivity contribution in [1.82, 2.24) is 0 Å². The molecule has 1 aromatic carbocycles. The van der Waals surface area contributed by atoms with Crippen molar-refractivity contribution in [3.63, 3.8) is 0 Å². The molecule has 2 fully saturated rings. The molecule has 0 amide bonds. The first-order valence-corrected chi connectivity index (χ1v) is 8.72. The Morgan fingerprint density at radius 2 is 1.91 bits per heavy atom. The van der Waals surface area contributed by atoms with Crippen molar-refractivity contribution in [2.24, 2.45) is 17.3 Å². The summed E-state index contributed by atoms with van der Waals surface area (Å²) in [6, 6.07) is 11.1. The summed E-state index contributed by atoms with van der Waals surface area (Å²) in [4.78, 5) is 9.82. The second-order valence-corrected chi connectivity index (χ2v) is 7.10. The van der Waals surface area contributed by atoms with E-state index in [1.807, 2.05) is 0 Å². The fourth-order valence-corrected chi connectivity index (χ4v) is 4.43. The first kappa shape index (κ1) is 17.1. The molecule has 0 spiro atoms. The van der Waals surface area contributed by atoms with Gasteiger partial charge < -0.3 is 4.74 Å². The first-order valence-electron chi connectivity index (χ1n) is 8.72. The van der Waals surface area contributed by atoms with E-state index < -0.39 is 0 Å². The quantitative estimate of drug-likeness (QED) is 0.733. The second-order valence-electron chi connectivity index (χ2n) is 7.10. The zero-order valence-corrected chi connectivity index (χ0v) is 14.3. The monoisotopic (exact) mass is 302 g/mol. The molecular weight excluding hydrogens is 272 g/mol. The number of carbonyl (C=O) groups is 1. The van der Waals surface area contributed by atoms with Gasteiger partial charge in [-0.2, -0.15) is 0 Å². The molecule has 0 saturated heterocycles.